The Morgan fingerprint density at radius 3 is 2.46 bits per heavy atom. The van der Waals surface area contributed by atoms with Gasteiger partial charge in [-0.1, -0.05) is 6.07 Å². The van der Waals surface area contributed by atoms with E-state index in [-0.39, 0.29) is 17.1 Å². The van der Waals surface area contributed by atoms with Gasteiger partial charge < -0.3 is 5.11 Å². The van der Waals surface area contributed by atoms with Crippen LogP contribution in [0.2, 0.25) is 0 Å². The quantitative estimate of drug-likeness (QED) is 0.545. The van der Waals surface area contributed by atoms with Crippen LogP contribution in [0.3, 0.4) is 0 Å². The molecule has 13 heavy (non-hydrogen) atoms. The van der Waals surface area contributed by atoms with E-state index in [2.05, 4.69) is 9.98 Å². The van der Waals surface area contributed by atoms with Crippen molar-refractivity contribution in [2.45, 2.75) is 0 Å². The Morgan fingerprint density at radius 2 is 1.85 bits per heavy atom. The minimum atomic E-state index is -0.236. The largest absolute Gasteiger partial charge is 0.506 e. The molecule has 0 bridgehead atoms. The van der Waals surface area contributed by atoms with E-state index in [0.717, 1.165) is 0 Å². The summed E-state index contributed by atoms with van der Waals surface area (Å²) in [5.41, 5.74) is -0.000741. The van der Waals surface area contributed by atoms with Gasteiger partial charge >= 0.3 is 0 Å². The van der Waals surface area contributed by atoms with Crippen molar-refractivity contribution in [2.24, 2.45) is 9.98 Å². The van der Waals surface area contributed by atoms with E-state index < -0.39 is 0 Å². The average Bonchev–Trinajstić information content (AvgIpc) is 2.11. The fraction of sp³-hybridized carbons (Fsp3) is 0. The van der Waals surface area contributed by atoms with Gasteiger partial charge in [0.05, 0.1) is 0 Å². The normalized spacial score (nSPS) is 8.31. The van der Waals surface area contributed by atoms with Crippen LogP contribution in [0.1, 0.15) is 0 Å². The van der Waals surface area contributed by atoms with Crippen molar-refractivity contribution in [3.8, 4) is 5.75 Å². The summed E-state index contributed by atoms with van der Waals surface area (Å²) in [7, 11) is 0. The minimum absolute atomic E-state index is 0.0818. The minimum Gasteiger partial charge on any atom is -0.506 e. The highest BCUT2D eigenvalue weighted by atomic mass is 16.3. The molecule has 0 saturated carbocycles. The van der Waals surface area contributed by atoms with Gasteiger partial charge in [-0.3, -0.25) is 0 Å². The Kier molecular flexibility index (Phi) is 2.71. The van der Waals surface area contributed by atoms with E-state index in [9.17, 15) is 14.7 Å². The van der Waals surface area contributed by atoms with E-state index in [1.165, 1.54) is 30.4 Å². The number of nitrogens with zero attached hydrogens (tertiary/aromatic N) is 2. The van der Waals surface area contributed by atoms with E-state index >= 15 is 0 Å². The maximum absolute atomic E-state index is 9.94. The van der Waals surface area contributed by atoms with Crippen molar-refractivity contribution < 1.29 is 14.7 Å². The van der Waals surface area contributed by atoms with Gasteiger partial charge in [-0.15, -0.1) is 0 Å². The SMILES string of the molecule is O=C=Nc1cccc(O)c1N=C=O. The van der Waals surface area contributed by atoms with E-state index in [0.29, 0.717) is 0 Å². The zero-order valence-corrected chi connectivity index (χ0v) is 6.39. The van der Waals surface area contributed by atoms with Gasteiger partial charge in [-0.05, 0) is 12.1 Å². The second-order valence-corrected chi connectivity index (χ2v) is 2.05. The van der Waals surface area contributed by atoms with Crippen LogP contribution in [0.15, 0.2) is 28.2 Å². The molecule has 0 heterocycles. The predicted octanol–water partition coefficient (Wildman–Crippen LogP) is 1.33. The standard InChI is InChI=1S/C8H4N2O3/c11-4-9-6-2-1-3-7(13)8(6)10-5-12/h1-3,13H. The molecule has 5 heteroatoms. The van der Waals surface area contributed by atoms with Crippen molar-refractivity contribution in [2.75, 3.05) is 0 Å². The molecule has 0 atom stereocenters. The Balaban J connectivity index is 3.41. The summed E-state index contributed by atoms with van der Waals surface area (Å²) >= 11 is 0. The summed E-state index contributed by atoms with van der Waals surface area (Å²) < 4.78 is 0. The highest BCUT2D eigenvalue weighted by Gasteiger charge is 2.04. The van der Waals surface area contributed by atoms with Crippen LogP contribution in [0.5, 0.6) is 5.75 Å². The summed E-state index contributed by atoms with van der Waals surface area (Å²) in [6, 6.07) is 4.20. The molecule has 1 aromatic carbocycles. The van der Waals surface area contributed by atoms with Crippen LogP contribution in [0.4, 0.5) is 11.4 Å². The summed E-state index contributed by atoms with van der Waals surface area (Å²) in [5, 5.41) is 9.19. The summed E-state index contributed by atoms with van der Waals surface area (Å²) in [4.78, 5) is 26.3. The first-order chi connectivity index (χ1) is 6.29. The number of benzene rings is 1. The molecular weight excluding hydrogens is 172 g/mol. The number of hydrogen-bond donors (Lipinski definition) is 1. The number of aromatic hydroxyl groups is 1. The molecule has 1 rings (SSSR count). The number of phenolic OH excluding ortho intramolecular Hbond substituents is 1. The fourth-order valence-electron chi connectivity index (χ4n) is 0.819. The van der Waals surface area contributed by atoms with Crippen molar-refractivity contribution >= 4 is 23.5 Å². The summed E-state index contributed by atoms with van der Waals surface area (Å²) in [6.45, 7) is 0. The highest BCUT2D eigenvalue weighted by molar-refractivity contribution is 5.73. The summed E-state index contributed by atoms with van der Waals surface area (Å²) in [6.07, 6.45) is 2.53. The van der Waals surface area contributed by atoms with Gasteiger partial charge in [0.25, 0.3) is 0 Å². The number of rotatable bonds is 2. The molecule has 0 amide bonds. The topological polar surface area (TPSA) is 79.1 Å². The molecule has 5 nitrogen and oxygen atoms in total. The van der Waals surface area contributed by atoms with Gasteiger partial charge in [0.1, 0.15) is 17.1 Å². The number of para-hydroxylation sites is 1. The van der Waals surface area contributed by atoms with Crippen molar-refractivity contribution in [3.63, 3.8) is 0 Å². The van der Waals surface area contributed by atoms with Crippen molar-refractivity contribution in [1.29, 1.82) is 0 Å². The van der Waals surface area contributed by atoms with Crippen LogP contribution in [0.25, 0.3) is 0 Å². The Bertz CT molecular complexity index is 415. The molecule has 0 aromatic heterocycles. The lowest BCUT2D eigenvalue weighted by Crippen LogP contribution is -1.70. The number of carbonyl (C=O) groups excluding carboxylic acids is 2. The molecule has 0 unspecified atom stereocenters. The third-order valence-electron chi connectivity index (χ3n) is 1.32. The Labute approximate surface area is 73.1 Å². The Hall–Kier alpha value is -2.22. The molecule has 0 saturated heterocycles. The first-order valence-electron chi connectivity index (χ1n) is 3.27. The lowest BCUT2D eigenvalue weighted by atomic mass is 10.2. The average molecular weight is 176 g/mol. The predicted molar refractivity (Wildman–Crippen MR) is 43.7 cm³/mol. The van der Waals surface area contributed by atoms with Crippen LogP contribution in [-0.4, -0.2) is 17.3 Å². The molecule has 0 aliphatic heterocycles. The van der Waals surface area contributed by atoms with Gasteiger partial charge in [0, 0.05) is 0 Å². The van der Waals surface area contributed by atoms with Crippen LogP contribution < -0.4 is 0 Å². The van der Waals surface area contributed by atoms with Crippen LogP contribution in [-0.2, 0) is 9.59 Å². The summed E-state index contributed by atoms with van der Waals surface area (Å²) in [5.74, 6) is -0.236. The van der Waals surface area contributed by atoms with Crippen molar-refractivity contribution in [1.82, 2.24) is 0 Å². The molecule has 0 spiro atoms. The van der Waals surface area contributed by atoms with E-state index in [1.54, 1.807) is 0 Å². The van der Waals surface area contributed by atoms with Gasteiger partial charge in [0.15, 0.2) is 0 Å². The lowest BCUT2D eigenvalue weighted by Gasteiger charge is -1.97. The molecule has 64 valence electrons. The van der Waals surface area contributed by atoms with E-state index in [4.69, 9.17) is 0 Å². The number of hydrogen-bond acceptors (Lipinski definition) is 5. The molecular formula is C8H4N2O3. The lowest BCUT2D eigenvalue weighted by molar-refractivity contribution is 0.476. The zero-order valence-electron chi connectivity index (χ0n) is 6.39. The van der Waals surface area contributed by atoms with Crippen LogP contribution >= 0.6 is 0 Å². The Morgan fingerprint density at radius 1 is 1.15 bits per heavy atom. The molecule has 0 radical (unpaired) electrons. The number of isocyanates is 2. The van der Waals surface area contributed by atoms with Gasteiger partial charge in [-0.25, -0.2) is 9.59 Å². The monoisotopic (exact) mass is 176 g/mol. The fourth-order valence-corrected chi connectivity index (χ4v) is 0.819. The first-order valence-corrected chi connectivity index (χ1v) is 3.27. The molecule has 1 N–H and O–H groups in total. The first kappa shape index (κ1) is 8.87. The smallest absolute Gasteiger partial charge is 0.240 e. The molecule has 0 aliphatic carbocycles. The number of phenols is 1. The number of aliphatic imine (C=N–C) groups is 2. The molecule has 0 fully saturated rings. The third kappa shape index (κ3) is 1.87. The molecule has 0 aliphatic rings. The highest BCUT2D eigenvalue weighted by Crippen LogP contribution is 2.35. The van der Waals surface area contributed by atoms with Crippen LogP contribution in [0, 0.1) is 0 Å². The third-order valence-corrected chi connectivity index (χ3v) is 1.32. The maximum Gasteiger partial charge on any atom is 0.240 e. The second kappa shape index (κ2) is 3.97. The van der Waals surface area contributed by atoms with E-state index in [1.807, 2.05) is 0 Å². The zero-order chi connectivity index (χ0) is 9.68. The van der Waals surface area contributed by atoms with Crippen molar-refractivity contribution in [3.05, 3.63) is 18.2 Å². The maximum atomic E-state index is 9.94. The molecule has 1 aromatic rings. The van der Waals surface area contributed by atoms with Gasteiger partial charge in [-0.2, -0.15) is 9.98 Å². The second-order valence-electron chi connectivity index (χ2n) is 2.05. The van der Waals surface area contributed by atoms with Gasteiger partial charge in [0.2, 0.25) is 12.2 Å².